The van der Waals surface area contributed by atoms with Crippen molar-refractivity contribution >= 4 is 34.1 Å². The number of halogens is 1. The number of nitrogens with one attached hydrogen (secondary N) is 1. The molecule has 1 atom stereocenters. The maximum atomic E-state index is 13.8. The number of carbonyl (C=O) groups excluding carboxylic acids is 2. The number of anilines is 1. The van der Waals surface area contributed by atoms with Crippen molar-refractivity contribution in [2.45, 2.75) is 19.9 Å². The number of amides is 2. The second kappa shape index (κ2) is 8.29. The summed E-state index contributed by atoms with van der Waals surface area (Å²) in [6.07, 6.45) is 0.974. The van der Waals surface area contributed by atoms with Crippen molar-refractivity contribution in [1.82, 2.24) is 18.9 Å². The van der Waals surface area contributed by atoms with Crippen LogP contribution in [-0.4, -0.2) is 44.6 Å². The zero-order chi connectivity index (χ0) is 32.4. The fourth-order valence-electron chi connectivity index (χ4n) is 3.92. The fourth-order valence-corrected chi connectivity index (χ4v) is 3.92. The highest BCUT2D eigenvalue weighted by atomic mass is 19.1. The van der Waals surface area contributed by atoms with Gasteiger partial charge in [0.2, 0.25) is 0 Å². The molecule has 0 saturated heterocycles. The number of aromatic nitrogens is 3. The number of aryl methyl sites for hydroxylation is 2. The molecule has 2 heterocycles. The molecule has 0 spiro atoms. The Kier molecular flexibility index (Phi) is 3.45. The van der Waals surface area contributed by atoms with Gasteiger partial charge in [-0.1, -0.05) is 6.07 Å². The van der Waals surface area contributed by atoms with E-state index in [2.05, 4.69) is 10.3 Å². The standard InChI is InChI=1S/C24H25FN6O3/c1-12-8-15(13(2)28-18-7-6-14(25)10-16(18)21(26)32)20-17(9-12)23(33)30(5)22-19(24(34)29(3)4)27-11-31(20)22/h6-11,13,28H,1-5H3,(H2,26,32)/i3D3,4D3,5D3. The number of nitrogens with zero attached hydrogens (tertiary/aromatic N) is 4. The van der Waals surface area contributed by atoms with E-state index in [1.807, 2.05) is 0 Å². The Bertz CT molecular complexity index is 1830. The lowest BCUT2D eigenvalue weighted by atomic mass is 10.00. The molecule has 9 nitrogen and oxygen atoms in total. The first-order valence-corrected chi connectivity index (χ1v) is 9.92. The van der Waals surface area contributed by atoms with Crippen LogP contribution in [0, 0.1) is 12.7 Å². The zero-order valence-corrected chi connectivity index (χ0v) is 18.0. The summed E-state index contributed by atoms with van der Waals surface area (Å²) in [6.45, 7) is -6.91. The Morgan fingerprint density at radius 1 is 1.26 bits per heavy atom. The van der Waals surface area contributed by atoms with Crippen molar-refractivity contribution in [2.75, 3.05) is 19.3 Å². The lowest BCUT2D eigenvalue weighted by Crippen LogP contribution is -2.26. The Hall–Kier alpha value is -4.21. The van der Waals surface area contributed by atoms with E-state index >= 15 is 0 Å². The predicted molar refractivity (Wildman–Crippen MR) is 128 cm³/mol. The van der Waals surface area contributed by atoms with Gasteiger partial charge >= 0.3 is 0 Å². The lowest BCUT2D eigenvalue weighted by molar-refractivity contribution is 0.0823. The molecule has 34 heavy (non-hydrogen) atoms. The van der Waals surface area contributed by atoms with Gasteiger partial charge in [-0.05, 0) is 49.2 Å². The Morgan fingerprint density at radius 3 is 2.71 bits per heavy atom. The molecular weight excluding hydrogens is 439 g/mol. The third-order valence-corrected chi connectivity index (χ3v) is 5.40. The summed E-state index contributed by atoms with van der Waals surface area (Å²) in [6, 6.07) is 5.58. The van der Waals surface area contributed by atoms with Crippen molar-refractivity contribution in [1.29, 1.82) is 0 Å². The molecule has 0 aliphatic rings. The molecule has 176 valence electrons. The summed E-state index contributed by atoms with van der Waals surface area (Å²) in [5.74, 6) is -3.28. The van der Waals surface area contributed by atoms with Gasteiger partial charge in [0.1, 0.15) is 12.1 Å². The minimum absolute atomic E-state index is 0.0507. The zero-order valence-electron chi connectivity index (χ0n) is 27.0. The van der Waals surface area contributed by atoms with Crippen LogP contribution in [0.25, 0.3) is 16.6 Å². The first kappa shape index (κ1) is 14.1. The number of hydrogen-bond donors (Lipinski definition) is 2. The van der Waals surface area contributed by atoms with Crippen LogP contribution in [0.5, 0.6) is 0 Å². The van der Waals surface area contributed by atoms with Crippen LogP contribution in [0.1, 0.15) is 57.3 Å². The van der Waals surface area contributed by atoms with Crippen LogP contribution < -0.4 is 16.6 Å². The van der Waals surface area contributed by atoms with E-state index < -0.39 is 61.5 Å². The van der Waals surface area contributed by atoms with Crippen LogP contribution in [0.3, 0.4) is 0 Å². The average molecular weight is 474 g/mol. The van der Waals surface area contributed by atoms with Crippen LogP contribution in [-0.2, 0) is 6.98 Å². The molecule has 0 fully saturated rings. The Labute approximate surface area is 207 Å². The molecule has 10 heteroatoms. The molecule has 3 N–H and O–H groups in total. The number of benzene rings is 2. The summed E-state index contributed by atoms with van der Waals surface area (Å²) in [5.41, 5.74) is 3.63. The Morgan fingerprint density at radius 2 is 2.03 bits per heavy atom. The highest BCUT2D eigenvalue weighted by Crippen LogP contribution is 2.30. The van der Waals surface area contributed by atoms with Gasteiger partial charge in [-0.25, -0.2) is 9.37 Å². The van der Waals surface area contributed by atoms with Gasteiger partial charge in [-0.2, -0.15) is 0 Å². The van der Waals surface area contributed by atoms with Crippen LogP contribution in [0.2, 0.25) is 0 Å². The number of imidazole rings is 1. The maximum Gasteiger partial charge on any atom is 0.275 e. The number of primary amides is 1. The molecule has 0 bridgehead atoms. The van der Waals surface area contributed by atoms with Crippen molar-refractivity contribution in [2.24, 2.45) is 12.7 Å². The predicted octanol–water partition coefficient (Wildman–Crippen LogP) is 2.61. The molecule has 1 unspecified atom stereocenters. The third kappa shape index (κ3) is 3.66. The van der Waals surface area contributed by atoms with Gasteiger partial charge in [0, 0.05) is 39.0 Å². The SMILES string of the molecule is [2H]C([2H])([2H])N(C(=O)c1ncn2c3c(C(C)Nc4ccc(F)cc4C(N)=O)cc(C)cc3c(=O)n(C([2H])([2H])[2H])c12)C([2H])([2H])[2H]. The summed E-state index contributed by atoms with van der Waals surface area (Å²) in [5, 5.41) is 2.90. The molecule has 4 rings (SSSR count). The second-order valence-electron chi connectivity index (χ2n) is 7.74. The van der Waals surface area contributed by atoms with Gasteiger partial charge in [0.15, 0.2) is 11.3 Å². The Balaban J connectivity index is 2.08. The van der Waals surface area contributed by atoms with E-state index in [9.17, 15) is 18.8 Å². The maximum absolute atomic E-state index is 13.8. The van der Waals surface area contributed by atoms with E-state index in [0.29, 0.717) is 11.1 Å². The van der Waals surface area contributed by atoms with Gasteiger partial charge in [-0.15, -0.1) is 0 Å². The molecule has 2 aromatic heterocycles. The lowest BCUT2D eigenvalue weighted by Gasteiger charge is -2.21. The molecule has 0 aliphatic carbocycles. The van der Waals surface area contributed by atoms with Crippen LogP contribution in [0.15, 0.2) is 41.5 Å². The summed E-state index contributed by atoms with van der Waals surface area (Å²) in [7, 11) is 0. The molecule has 4 aromatic rings. The van der Waals surface area contributed by atoms with Crippen molar-refractivity contribution < 1.29 is 26.3 Å². The molecule has 2 aromatic carbocycles. The molecule has 0 radical (unpaired) electrons. The van der Waals surface area contributed by atoms with E-state index in [4.69, 9.17) is 18.1 Å². The largest absolute Gasteiger partial charge is 0.378 e. The van der Waals surface area contributed by atoms with Gasteiger partial charge in [0.25, 0.3) is 17.4 Å². The summed E-state index contributed by atoms with van der Waals surface area (Å²) in [4.78, 5) is 42.7. The van der Waals surface area contributed by atoms with Crippen LogP contribution in [0.4, 0.5) is 10.1 Å². The van der Waals surface area contributed by atoms with Crippen molar-refractivity contribution in [3.63, 3.8) is 0 Å². The van der Waals surface area contributed by atoms with E-state index in [-0.39, 0.29) is 31.6 Å². The van der Waals surface area contributed by atoms with Gasteiger partial charge < -0.3 is 16.0 Å². The smallest absolute Gasteiger partial charge is 0.275 e. The van der Waals surface area contributed by atoms with E-state index in [1.165, 1.54) is 12.1 Å². The molecule has 2 amide bonds. The van der Waals surface area contributed by atoms with Crippen molar-refractivity contribution in [3.05, 3.63) is 75.2 Å². The minimum atomic E-state index is -3.48. The highest BCUT2D eigenvalue weighted by molar-refractivity contribution is 6.00. The molecule has 0 saturated carbocycles. The van der Waals surface area contributed by atoms with Crippen molar-refractivity contribution in [3.8, 4) is 0 Å². The fraction of sp³-hybridized carbons (Fsp3) is 0.250. The quantitative estimate of drug-likeness (QED) is 0.462. The number of nitrogens with two attached hydrogens (primary N) is 1. The van der Waals surface area contributed by atoms with E-state index in [1.54, 1.807) is 19.9 Å². The number of carbonyl (C=O) groups is 2. The topological polar surface area (TPSA) is 115 Å². The number of fused-ring (bicyclic) bond motifs is 3. The summed E-state index contributed by atoms with van der Waals surface area (Å²) < 4.78 is 85.0. The summed E-state index contributed by atoms with van der Waals surface area (Å²) >= 11 is 0. The second-order valence-corrected chi connectivity index (χ2v) is 7.74. The first-order valence-electron chi connectivity index (χ1n) is 14.4. The number of rotatable bonds is 5. The monoisotopic (exact) mass is 473 g/mol. The van der Waals surface area contributed by atoms with E-state index in [0.717, 1.165) is 22.9 Å². The average Bonchev–Trinajstić information content (AvgIpc) is 3.26. The first-order chi connectivity index (χ1) is 19.6. The van der Waals surface area contributed by atoms with Gasteiger partial charge in [-0.3, -0.25) is 23.4 Å². The molecule has 0 aliphatic heterocycles. The normalized spacial score (nSPS) is 17.2. The van der Waals surface area contributed by atoms with Crippen LogP contribution >= 0.6 is 0 Å². The molecular formula is C24H25FN6O3. The minimum Gasteiger partial charge on any atom is -0.378 e. The highest BCUT2D eigenvalue weighted by Gasteiger charge is 2.23. The third-order valence-electron chi connectivity index (χ3n) is 5.40. The number of hydrogen-bond acceptors (Lipinski definition) is 5. The van der Waals surface area contributed by atoms with Gasteiger partial charge in [0.05, 0.1) is 22.5 Å².